The molecular formula is C23H19Br2ClN2O3. The van der Waals surface area contributed by atoms with Gasteiger partial charge in [-0.2, -0.15) is 5.10 Å². The standard InChI is InChI=1S/C23H19Br2ClN2O3/c1-2-30-21-11-15(13-27-28-23(29)16-7-5-8-18(24)12-16)10-19(25)22(21)31-14-17-6-3-4-9-20(17)26/h3-13H,2,14H2,1H3,(H,28,29)/b27-13-. The molecule has 31 heavy (non-hydrogen) atoms. The van der Waals surface area contributed by atoms with Crippen molar-refractivity contribution in [2.75, 3.05) is 6.61 Å². The molecule has 0 aromatic heterocycles. The van der Waals surface area contributed by atoms with Crippen LogP contribution in [0.5, 0.6) is 11.5 Å². The average Bonchev–Trinajstić information content (AvgIpc) is 2.74. The molecule has 0 heterocycles. The van der Waals surface area contributed by atoms with Crippen molar-refractivity contribution in [1.82, 2.24) is 5.43 Å². The molecule has 3 rings (SSSR count). The van der Waals surface area contributed by atoms with Crippen molar-refractivity contribution in [2.24, 2.45) is 5.10 Å². The Labute approximate surface area is 202 Å². The quantitative estimate of drug-likeness (QED) is 0.247. The highest BCUT2D eigenvalue weighted by molar-refractivity contribution is 9.10. The fourth-order valence-corrected chi connectivity index (χ4v) is 3.85. The van der Waals surface area contributed by atoms with Crippen LogP contribution in [0, 0.1) is 0 Å². The zero-order valence-electron chi connectivity index (χ0n) is 16.6. The van der Waals surface area contributed by atoms with Crippen LogP contribution in [-0.2, 0) is 6.61 Å². The van der Waals surface area contributed by atoms with E-state index in [-0.39, 0.29) is 5.91 Å². The van der Waals surface area contributed by atoms with Crippen molar-refractivity contribution < 1.29 is 14.3 Å². The van der Waals surface area contributed by atoms with Gasteiger partial charge in [0, 0.05) is 20.6 Å². The van der Waals surface area contributed by atoms with Gasteiger partial charge in [-0.3, -0.25) is 4.79 Å². The number of carbonyl (C=O) groups excluding carboxylic acids is 1. The second-order valence-electron chi connectivity index (χ2n) is 6.35. The maximum absolute atomic E-state index is 12.2. The lowest BCUT2D eigenvalue weighted by Gasteiger charge is -2.15. The van der Waals surface area contributed by atoms with Crippen LogP contribution in [0.25, 0.3) is 0 Å². The van der Waals surface area contributed by atoms with Crippen molar-refractivity contribution >= 4 is 55.6 Å². The van der Waals surface area contributed by atoms with Gasteiger partial charge in [0.1, 0.15) is 6.61 Å². The topological polar surface area (TPSA) is 59.9 Å². The summed E-state index contributed by atoms with van der Waals surface area (Å²) in [6, 6.07) is 18.2. The summed E-state index contributed by atoms with van der Waals surface area (Å²) >= 11 is 13.1. The van der Waals surface area contributed by atoms with E-state index in [4.69, 9.17) is 21.1 Å². The lowest BCUT2D eigenvalue weighted by molar-refractivity contribution is 0.0955. The van der Waals surface area contributed by atoms with Crippen molar-refractivity contribution in [3.63, 3.8) is 0 Å². The minimum absolute atomic E-state index is 0.300. The number of halogens is 3. The number of hydrazone groups is 1. The Kier molecular flexibility index (Phi) is 8.51. The van der Waals surface area contributed by atoms with Crippen LogP contribution in [0.15, 0.2) is 74.7 Å². The third kappa shape index (κ3) is 6.56. The highest BCUT2D eigenvalue weighted by Gasteiger charge is 2.13. The van der Waals surface area contributed by atoms with Gasteiger partial charge in [0.25, 0.3) is 5.91 Å². The molecule has 0 saturated heterocycles. The van der Waals surface area contributed by atoms with E-state index in [0.29, 0.717) is 39.8 Å². The molecule has 3 aromatic carbocycles. The molecule has 1 amide bonds. The molecule has 8 heteroatoms. The normalized spacial score (nSPS) is 10.8. The molecule has 0 aliphatic carbocycles. The fourth-order valence-electron chi connectivity index (χ4n) is 2.69. The van der Waals surface area contributed by atoms with Gasteiger partial charge >= 0.3 is 0 Å². The number of hydrogen-bond donors (Lipinski definition) is 1. The molecular weight excluding hydrogens is 548 g/mol. The van der Waals surface area contributed by atoms with Gasteiger partial charge in [-0.1, -0.05) is 51.8 Å². The van der Waals surface area contributed by atoms with Gasteiger partial charge in [-0.15, -0.1) is 0 Å². The number of nitrogens with one attached hydrogen (secondary N) is 1. The van der Waals surface area contributed by atoms with E-state index in [9.17, 15) is 4.79 Å². The Hall–Kier alpha value is -2.35. The van der Waals surface area contributed by atoms with E-state index >= 15 is 0 Å². The molecule has 0 saturated carbocycles. The van der Waals surface area contributed by atoms with Gasteiger partial charge in [0.15, 0.2) is 11.5 Å². The van der Waals surface area contributed by atoms with E-state index < -0.39 is 0 Å². The van der Waals surface area contributed by atoms with E-state index in [1.807, 2.05) is 43.3 Å². The van der Waals surface area contributed by atoms with Crippen LogP contribution in [0.3, 0.4) is 0 Å². The van der Waals surface area contributed by atoms with Gasteiger partial charge in [0.05, 0.1) is 17.3 Å². The summed E-state index contributed by atoms with van der Waals surface area (Å²) in [7, 11) is 0. The first-order valence-electron chi connectivity index (χ1n) is 9.39. The maximum Gasteiger partial charge on any atom is 0.271 e. The molecule has 0 aliphatic heterocycles. The number of carbonyl (C=O) groups is 1. The summed E-state index contributed by atoms with van der Waals surface area (Å²) in [5.41, 5.74) is 4.63. The predicted octanol–water partition coefficient (Wildman–Crippen LogP) is 6.61. The SMILES string of the molecule is CCOc1cc(/C=N\NC(=O)c2cccc(Br)c2)cc(Br)c1OCc1ccccc1Cl. The second-order valence-corrected chi connectivity index (χ2v) is 8.53. The monoisotopic (exact) mass is 564 g/mol. The lowest BCUT2D eigenvalue weighted by atomic mass is 10.2. The van der Waals surface area contributed by atoms with Crippen molar-refractivity contribution in [3.05, 3.63) is 91.3 Å². The Morgan fingerprint density at radius 1 is 1.10 bits per heavy atom. The number of amides is 1. The number of benzene rings is 3. The highest BCUT2D eigenvalue weighted by Crippen LogP contribution is 2.37. The second kappa shape index (κ2) is 11.3. The average molecular weight is 567 g/mol. The van der Waals surface area contributed by atoms with Crippen molar-refractivity contribution in [2.45, 2.75) is 13.5 Å². The maximum atomic E-state index is 12.2. The van der Waals surface area contributed by atoms with Crippen LogP contribution in [0.1, 0.15) is 28.4 Å². The third-order valence-electron chi connectivity index (χ3n) is 4.13. The summed E-state index contributed by atoms with van der Waals surface area (Å²) in [6.45, 7) is 2.66. The summed E-state index contributed by atoms with van der Waals surface area (Å²) < 4.78 is 13.2. The first-order valence-corrected chi connectivity index (χ1v) is 11.4. The van der Waals surface area contributed by atoms with Gasteiger partial charge in [0.2, 0.25) is 0 Å². The van der Waals surface area contributed by atoms with Crippen molar-refractivity contribution in [3.8, 4) is 11.5 Å². The minimum atomic E-state index is -0.304. The van der Waals surface area contributed by atoms with E-state index in [1.54, 1.807) is 30.5 Å². The third-order valence-corrected chi connectivity index (χ3v) is 5.58. The minimum Gasteiger partial charge on any atom is -0.490 e. The Bertz CT molecular complexity index is 1110. The van der Waals surface area contributed by atoms with E-state index in [0.717, 1.165) is 15.6 Å². The molecule has 5 nitrogen and oxygen atoms in total. The molecule has 0 atom stereocenters. The molecule has 0 aliphatic rings. The van der Waals surface area contributed by atoms with Gasteiger partial charge < -0.3 is 9.47 Å². The fraction of sp³-hybridized carbons (Fsp3) is 0.130. The molecule has 1 N–H and O–H groups in total. The molecule has 0 spiro atoms. The van der Waals surface area contributed by atoms with Crippen LogP contribution in [-0.4, -0.2) is 18.7 Å². The zero-order valence-corrected chi connectivity index (χ0v) is 20.5. The molecule has 0 fully saturated rings. The van der Waals surface area contributed by atoms with Crippen LogP contribution < -0.4 is 14.9 Å². The Morgan fingerprint density at radius 2 is 1.90 bits per heavy atom. The predicted molar refractivity (Wildman–Crippen MR) is 130 cm³/mol. The lowest BCUT2D eigenvalue weighted by Crippen LogP contribution is -2.17. The molecule has 3 aromatic rings. The first-order chi connectivity index (χ1) is 15.0. The number of hydrogen-bond acceptors (Lipinski definition) is 4. The Balaban J connectivity index is 1.73. The molecule has 0 bridgehead atoms. The molecule has 160 valence electrons. The summed E-state index contributed by atoms with van der Waals surface area (Å²) in [6.07, 6.45) is 1.54. The smallest absolute Gasteiger partial charge is 0.271 e. The highest BCUT2D eigenvalue weighted by atomic mass is 79.9. The molecule has 0 radical (unpaired) electrons. The largest absolute Gasteiger partial charge is 0.490 e. The van der Waals surface area contributed by atoms with Gasteiger partial charge in [-0.25, -0.2) is 5.43 Å². The number of nitrogens with zero attached hydrogens (tertiary/aromatic N) is 1. The summed E-state index contributed by atoms with van der Waals surface area (Å²) in [5.74, 6) is 0.821. The van der Waals surface area contributed by atoms with E-state index in [1.165, 1.54) is 0 Å². The number of ether oxygens (including phenoxy) is 2. The first kappa shape index (κ1) is 23.3. The molecule has 0 unspecified atom stereocenters. The van der Waals surface area contributed by atoms with Crippen molar-refractivity contribution in [1.29, 1.82) is 0 Å². The Morgan fingerprint density at radius 3 is 2.65 bits per heavy atom. The summed E-state index contributed by atoms with van der Waals surface area (Å²) in [4.78, 5) is 12.2. The zero-order chi connectivity index (χ0) is 22.2. The van der Waals surface area contributed by atoms with Crippen LogP contribution >= 0.6 is 43.5 Å². The van der Waals surface area contributed by atoms with Crippen LogP contribution in [0.2, 0.25) is 5.02 Å². The van der Waals surface area contributed by atoms with E-state index in [2.05, 4.69) is 42.4 Å². The van der Waals surface area contributed by atoms with Gasteiger partial charge in [-0.05, 0) is 64.8 Å². The number of rotatable bonds is 8. The summed E-state index contributed by atoms with van der Waals surface area (Å²) in [5, 5.41) is 4.69. The van der Waals surface area contributed by atoms with Crippen LogP contribution in [0.4, 0.5) is 0 Å².